The van der Waals surface area contributed by atoms with Crippen molar-refractivity contribution in [1.29, 1.82) is 0 Å². The zero-order chi connectivity index (χ0) is 13.7. The molecule has 2 heterocycles. The second kappa shape index (κ2) is 6.89. The van der Waals surface area contributed by atoms with Crippen molar-refractivity contribution in [3.63, 3.8) is 0 Å². The molecular formula is C15H22N2OS. The summed E-state index contributed by atoms with van der Waals surface area (Å²) >= 11 is 1.75. The molecule has 104 valence electrons. The first kappa shape index (κ1) is 14.3. The molecule has 0 radical (unpaired) electrons. The van der Waals surface area contributed by atoms with Crippen molar-refractivity contribution in [3.05, 3.63) is 46.0 Å². The molecule has 0 bridgehead atoms. The summed E-state index contributed by atoms with van der Waals surface area (Å²) in [7, 11) is 2.14. The minimum Gasteiger partial charge on any atom is -0.468 e. The quantitative estimate of drug-likeness (QED) is 0.840. The Bertz CT molecular complexity index is 476. The van der Waals surface area contributed by atoms with Gasteiger partial charge in [-0.2, -0.15) is 11.3 Å². The zero-order valence-electron chi connectivity index (χ0n) is 11.8. The van der Waals surface area contributed by atoms with Crippen LogP contribution in [0.15, 0.2) is 33.6 Å². The molecule has 0 aromatic carbocycles. The molecule has 0 amide bonds. The Kier molecular flexibility index (Phi) is 5.19. The lowest BCUT2D eigenvalue weighted by Gasteiger charge is -2.16. The zero-order valence-corrected chi connectivity index (χ0v) is 12.7. The van der Waals surface area contributed by atoms with Crippen LogP contribution in [-0.2, 0) is 19.6 Å². The highest BCUT2D eigenvalue weighted by Crippen LogP contribution is 2.15. The van der Waals surface area contributed by atoms with E-state index in [0.717, 1.165) is 25.4 Å². The number of hydrogen-bond donors (Lipinski definition) is 1. The lowest BCUT2D eigenvalue weighted by Crippen LogP contribution is -2.23. The molecule has 4 heteroatoms. The van der Waals surface area contributed by atoms with Crippen molar-refractivity contribution < 1.29 is 4.42 Å². The fourth-order valence-corrected chi connectivity index (χ4v) is 2.66. The fraction of sp³-hybridized carbons (Fsp3) is 0.467. The van der Waals surface area contributed by atoms with Gasteiger partial charge in [-0.05, 0) is 35.5 Å². The van der Waals surface area contributed by atoms with E-state index >= 15 is 0 Å². The molecule has 0 aliphatic heterocycles. The fourth-order valence-electron chi connectivity index (χ4n) is 2.00. The third-order valence-corrected chi connectivity index (χ3v) is 3.71. The SMILES string of the molecule is CC(C)NCc1occc1CN(C)Cc1ccsc1. The predicted octanol–water partition coefficient (Wildman–Crippen LogP) is 3.47. The maximum absolute atomic E-state index is 5.56. The number of thiophene rings is 1. The Morgan fingerprint density at radius 1 is 1.32 bits per heavy atom. The molecule has 3 nitrogen and oxygen atoms in total. The van der Waals surface area contributed by atoms with Crippen LogP contribution in [0.2, 0.25) is 0 Å². The van der Waals surface area contributed by atoms with Crippen LogP contribution >= 0.6 is 11.3 Å². The molecule has 0 aliphatic rings. The summed E-state index contributed by atoms with van der Waals surface area (Å²) < 4.78 is 5.56. The Labute approximate surface area is 119 Å². The number of nitrogens with zero attached hydrogens (tertiary/aromatic N) is 1. The Morgan fingerprint density at radius 3 is 2.84 bits per heavy atom. The van der Waals surface area contributed by atoms with E-state index in [1.165, 1.54) is 11.1 Å². The first-order valence-corrected chi connectivity index (χ1v) is 7.57. The topological polar surface area (TPSA) is 28.4 Å². The van der Waals surface area contributed by atoms with Crippen LogP contribution in [0.25, 0.3) is 0 Å². The lowest BCUT2D eigenvalue weighted by atomic mass is 10.2. The van der Waals surface area contributed by atoms with Gasteiger partial charge >= 0.3 is 0 Å². The van der Waals surface area contributed by atoms with Gasteiger partial charge in [0.15, 0.2) is 0 Å². The van der Waals surface area contributed by atoms with Crippen LogP contribution in [0.4, 0.5) is 0 Å². The summed E-state index contributed by atoms with van der Waals surface area (Å²) in [6, 6.07) is 4.72. The summed E-state index contributed by atoms with van der Waals surface area (Å²) in [5, 5.41) is 7.72. The number of hydrogen-bond acceptors (Lipinski definition) is 4. The normalized spacial score (nSPS) is 11.6. The molecule has 2 aromatic rings. The molecule has 2 rings (SSSR count). The summed E-state index contributed by atoms with van der Waals surface area (Å²) in [6.45, 7) is 6.98. The van der Waals surface area contributed by atoms with Crippen molar-refractivity contribution in [2.75, 3.05) is 7.05 Å². The Balaban J connectivity index is 1.89. The number of furan rings is 1. The molecule has 19 heavy (non-hydrogen) atoms. The minimum atomic E-state index is 0.474. The van der Waals surface area contributed by atoms with Crippen LogP contribution in [-0.4, -0.2) is 18.0 Å². The smallest absolute Gasteiger partial charge is 0.122 e. The molecule has 0 saturated carbocycles. The number of rotatable bonds is 7. The molecule has 0 aliphatic carbocycles. The van der Waals surface area contributed by atoms with E-state index < -0.39 is 0 Å². The van der Waals surface area contributed by atoms with Crippen molar-refractivity contribution in [2.24, 2.45) is 0 Å². The van der Waals surface area contributed by atoms with Gasteiger partial charge in [-0.3, -0.25) is 4.90 Å². The largest absolute Gasteiger partial charge is 0.468 e. The Morgan fingerprint density at radius 2 is 2.16 bits per heavy atom. The van der Waals surface area contributed by atoms with Gasteiger partial charge in [-0.25, -0.2) is 0 Å². The molecule has 1 N–H and O–H groups in total. The van der Waals surface area contributed by atoms with Gasteiger partial charge in [0.25, 0.3) is 0 Å². The van der Waals surface area contributed by atoms with Gasteiger partial charge in [-0.15, -0.1) is 0 Å². The third-order valence-electron chi connectivity index (χ3n) is 2.98. The van der Waals surface area contributed by atoms with Gasteiger partial charge in [-0.1, -0.05) is 13.8 Å². The van der Waals surface area contributed by atoms with E-state index in [-0.39, 0.29) is 0 Å². The van der Waals surface area contributed by atoms with E-state index in [9.17, 15) is 0 Å². The molecular weight excluding hydrogens is 256 g/mol. The summed E-state index contributed by atoms with van der Waals surface area (Å²) in [5.41, 5.74) is 2.64. The minimum absolute atomic E-state index is 0.474. The van der Waals surface area contributed by atoms with Gasteiger partial charge in [0.05, 0.1) is 12.8 Å². The monoisotopic (exact) mass is 278 g/mol. The molecule has 0 atom stereocenters. The summed E-state index contributed by atoms with van der Waals surface area (Å²) in [5.74, 6) is 1.05. The van der Waals surface area contributed by atoms with Gasteiger partial charge < -0.3 is 9.73 Å². The summed E-state index contributed by atoms with van der Waals surface area (Å²) in [6.07, 6.45) is 1.78. The first-order chi connectivity index (χ1) is 9.15. The van der Waals surface area contributed by atoms with Crippen LogP contribution in [0.3, 0.4) is 0 Å². The lowest BCUT2D eigenvalue weighted by molar-refractivity contribution is 0.314. The van der Waals surface area contributed by atoms with Crippen molar-refractivity contribution in [3.8, 4) is 0 Å². The molecule has 0 fully saturated rings. The molecule has 0 saturated heterocycles. The highest BCUT2D eigenvalue weighted by Gasteiger charge is 2.10. The highest BCUT2D eigenvalue weighted by molar-refractivity contribution is 7.07. The van der Waals surface area contributed by atoms with Gasteiger partial charge in [0.1, 0.15) is 5.76 Å². The molecule has 0 spiro atoms. The maximum atomic E-state index is 5.56. The maximum Gasteiger partial charge on any atom is 0.122 e. The second-order valence-electron chi connectivity index (χ2n) is 5.21. The second-order valence-corrected chi connectivity index (χ2v) is 5.99. The van der Waals surface area contributed by atoms with Crippen LogP contribution in [0.5, 0.6) is 0 Å². The van der Waals surface area contributed by atoms with Crippen LogP contribution < -0.4 is 5.32 Å². The van der Waals surface area contributed by atoms with Gasteiger partial charge in [0.2, 0.25) is 0 Å². The summed E-state index contributed by atoms with van der Waals surface area (Å²) in [4.78, 5) is 2.31. The highest BCUT2D eigenvalue weighted by atomic mass is 32.1. The number of nitrogens with one attached hydrogen (secondary N) is 1. The predicted molar refractivity (Wildman–Crippen MR) is 80.2 cm³/mol. The van der Waals surface area contributed by atoms with Crippen molar-refractivity contribution in [1.82, 2.24) is 10.2 Å². The van der Waals surface area contributed by atoms with E-state index in [2.05, 4.69) is 54.0 Å². The third kappa shape index (κ3) is 4.49. The van der Waals surface area contributed by atoms with E-state index in [0.29, 0.717) is 6.04 Å². The molecule has 0 unspecified atom stereocenters. The van der Waals surface area contributed by atoms with Crippen molar-refractivity contribution in [2.45, 2.75) is 39.5 Å². The van der Waals surface area contributed by atoms with Crippen LogP contribution in [0, 0.1) is 0 Å². The van der Waals surface area contributed by atoms with Gasteiger partial charge in [0, 0.05) is 24.7 Å². The average molecular weight is 278 g/mol. The van der Waals surface area contributed by atoms with E-state index in [4.69, 9.17) is 4.42 Å². The van der Waals surface area contributed by atoms with E-state index in [1.807, 2.05) is 0 Å². The van der Waals surface area contributed by atoms with Crippen LogP contribution in [0.1, 0.15) is 30.7 Å². The van der Waals surface area contributed by atoms with E-state index in [1.54, 1.807) is 17.6 Å². The standard InChI is InChI=1S/C15H22N2OS/c1-12(2)16-8-15-14(4-6-18-15)10-17(3)9-13-5-7-19-11-13/h4-7,11-12,16H,8-10H2,1-3H3. The average Bonchev–Trinajstić information content (AvgIpc) is 2.98. The molecule has 2 aromatic heterocycles. The van der Waals surface area contributed by atoms with Crippen molar-refractivity contribution >= 4 is 11.3 Å². The Hall–Kier alpha value is -1.10. The first-order valence-electron chi connectivity index (χ1n) is 6.63.